The normalized spacial score (nSPS) is 24.7. The highest BCUT2D eigenvalue weighted by atomic mass is 32.2. The molecule has 1 aliphatic heterocycles. The highest BCUT2D eigenvalue weighted by molar-refractivity contribution is 7.92. The van der Waals surface area contributed by atoms with Gasteiger partial charge in [-0.25, -0.2) is 18.4 Å². The Labute approximate surface area is 272 Å². The number of ether oxygens (including phenoxy) is 2. The van der Waals surface area contributed by atoms with Gasteiger partial charge in [-0.15, -0.1) is 0 Å². The summed E-state index contributed by atoms with van der Waals surface area (Å²) in [5, 5.41) is 22.7. The molecule has 0 unspecified atom stereocenters. The number of hydrogen-bond acceptors (Lipinski definition) is 12. The smallest absolute Gasteiger partial charge is 0.185 e. The quantitative estimate of drug-likeness (QED) is 0.231. The van der Waals surface area contributed by atoms with Crippen molar-refractivity contribution in [3.63, 3.8) is 0 Å². The van der Waals surface area contributed by atoms with Crippen LogP contribution >= 0.6 is 22.7 Å². The number of aliphatic hydroxyl groups is 2. The van der Waals surface area contributed by atoms with Crippen LogP contribution in [-0.4, -0.2) is 91.7 Å². The molecule has 1 saturated heterocycles. The van der Waals surface area contributed by atoms with Gasteiger partial charge in [0.1, 0.15) is 24.4 Å². The molecule has 10 nitrogen and oxygen atoms in total. The third-order valence-corrected chi connectivity index (χ3v) is 12.7. The largest absolute Gasteiger partial charge is 0.388 e. The van der Waals surface area contributed by atoms with Crippen molar-refractivity contribution in [1.82, 2.24) is 9.97 Å². The Morgan fingerprint density at radius 1 is 0.689 bits per heavy atom. The van der Waals surface area contributed by atoms with Crippen LogP contribution in [0.5, 0.6) is 0 Å². The average molecular weight is 673 g/mol. The Bertz CT molecular complexity index is 1500. The molecule has 242 valence electrons. The van der Waals surface area contributed by atoms with Gasteiger partial charge in [-0.3, -0.25) is 0 Å². The average Bonchev–Trinajstić information content (AvgIpc) is 3.70. The lowest BCUT2D eigenvalue weighted by Gasteiger charge is -2.30. The van der Waals surface area contributed by atoms with Gasteiger partial charge in [0.15, 0.2) is 20.1 Å². The van der Waals surface area contributed by atoms with Crippen LogP contribution in [0.4, 0.5) is 10.3 Å². The lowest BCUT2D eigenvalue weighted by molar-refractivity contribution is -0.138. The molecular weight excluding hydrogens is 633 g/mol. The molecule has 0 spiro atoms. The fraction of sp³-hybridized carbons (Fsp3) is 0.438. The number of aliphatic hydroxyl groups excluding tert-OH is 2. The summed E-state index contributed by atoms with van der Waals surface area (Å²) in [5.41, 5.74) is 1.57. The first-order valence-corrected chi connectivity index (χ1v) is 17.9. The van der Waals surface area contributed by atoms with Gasteiger partial charge in [0, 0.05) is 40.6 Å². The zero-order valence-corrected chi connectivity index (χ0v) is 28.2. The van der Waals surface area contributed by atoms with Crippen molar-refractivity contribution in [2.24, 2.45) is 0 Å². The summed E-state index contributed by atoms with van der Waals surface area (Å²) in [6.45, 7) is 0.0631. The van der Waals surface area contributed by atoms with Gasteiger partial charge in [-0.05, 0) is 24.0 Å². The molecule has 0 bridgehead atoms. The van der Waals surface area contributed by atoms with E-state index >= 15 is 0 Å². The fourth-order valence-corrected chi connectivity index (χ4v) is 9.53. The molecule has 13 heteroatoms. The molecule has 0 amide bonds. The first kappa shape index (κ1) is 33.5. The van der Waals surface area contributed by atoms with Gasteiger partial charge in [0.25, 0.3) is 0 Å². The number of anilines is 2. The van der Waals surface area contributed by atoms with Gasteiger partial charge >= 0.3 is 0 Å². The van der Waals surface area contributed by atoms with Crippen LogP contribution in [0.3, 0.4) is 0 Å². The van der Waals surface area contributed by atoms with Crippen LogP contribution in [0.1, 0.15) is 20.9 Å². The summed E-state index contributed by atoms with van der Waals surface area (Å²) in [5.74, 6) is 0. The second-order valence-corrected chi connectivity index (χ2v) is 16.2. The maximum absolute atomic E-state index is 14.8. The van der Waals surface area contributed by atoms with E-state index in [9.17, 15) is 18.6 Å². The maximum Gasteiger partial charge on any atom is 0.185 e. The lowest BCUT2D eigenvalue weighted by Crippen LogP contribution is -2.49. The molecule has 0 radical (unpaired) electrons. The van der Waals surface area contributed by atoms with Gasteiger partial charge in [-0.2, -0.15) is 0 Å². The summed E-state index contributed by atoms with van der Waals surface area (Å²) >= 11 is 2.84. The molecule has 1 fully saturated rings. The number of nitrogens with zero attached hydrogens (tertiary/aromatic N) is 4. The summed E-state index contributed by atoms with van der Waals surface area (Å²) in [6, 6.07) is 18.6. The second kappa shape index (κ2) is 14.7. The molecule has 4 aromatic rings. The first-order chi connectivity index (χ1) is 21.5. The Morgan fingerprint density at radius 3 is 1.40 bits per heavy atom. The number of thiazole rings is 2. The van der Waals surface area contributed by atoms with Gasteiger partial charge in [0.05, 0.1) is 33.5 Å². The molecule has 2 aromatic carbocycles. The van der Waals surface area contributed by atoms with Crippen molar-refractivity contribution in [1.29, 1.82) is 0 Å². The number of rotatable bonds is 12. The Hall–Kier alpha value is -2.91. The highest BCUT2D eigenvalue weighted by Gasteiger charge is 2.54. The Kier molecular flexibility index (Phi) is 10.9. The van der Waals surface area contributed by atoms with Crippen molar-refractivity contribution < 1.29 is 28.1 Å². The highest BCUT2D eigenvalue weighted by Crippen LogP contribution is 2.35. The number of benzene rings is 2. The van der Waals surface area contributed by atoms with E-state index in [1.54, 1.807) is 12.4 Å². The minimum absolute atomic E-state index is 0.0316. The van der Waals surface area contributed by atoms with Crippen LogP contribution in [0, 0.1) is 0 Å². The summed E-state index contributed by atoms with van der Waals surface area (Å²) < 4.78 is 42.3. The fourth-order valence-electron chi connectivity index (χ4n) is 5.49. The molecule has 0 saturated carbocycles. The summed E-state index contributed by atoms with van der Waals surface area (Å²) in [7, 11) is 3.45. The maximum atomic E-state index is 14.8. The lowest BCUT2D eigenvalue weighted by atomic mass is 9.94. The topological polar surface area (TPSA) is 125 Å². The van der Waals surface area contributed by atoms with Crippen LogP contribution in [0.2, 0.25) is 0 Å². The van der Waals surface area contributed by atoms with Crippen LogP contribution in [-0.2, 0) is 45.4 Å². The molecule has 0 aliphatic carbocycles. The molecule has 2 aromatic heterocycles. The van der Waals surface area contributed by atoms with E-state index in [1.807, 2.05) is 98.7 Å². The van der Waals surface area contributed by atoms with Gasteiger partial charge in [0.2, 0.25) is 0 Å². The monoisotopic (exact) mass is 672 g/mol. The van der Waals surface area contributed by atoms with Gasteiger partial charge in [-0.1, -0.05) is 83.3 Å². The van der Waals surface area contributed by atoms with Crippen LogP contribution < -0.4 is 9.80 Å². The Morgan fingerprint density at radius 2 is 1.07 bits per heavy atom. The number of hydrogen-bond donors (Lipinski definition) is 2. The SMILES string of the molecule is CN(C)c1ncc(CO[C@@H]2[C@H](O)[C@@H](O)[C@@H](OCc3cnc(N(C)C)s3)[C@@H](Cc3ccccc3)S(=O)(=O)[C@@H]2Cc2ccccc2)s1. The van der Waals surface area contributed by atoms with E-state index in [2.05, 4.69) is 9.97 Å². The first-order valence-electron chi connectivity index (χ1n) is 14.7. The van der Waals surface area contributed by atoms with E-state index in [-0.39, 0.29) is 26.1 Å². The van der Waals surface area contributed by atoms with Crippen molar-refractivity contribution in [3.8, 4) is 0 Å². The van der Waals surface area contributed by atoms with Crippen LogP contribution in [0.25, 0.3) is 0 Å². The second-order valence-electron chi connectivity index (χ2n) is 11.6. The zero-order chi connectivity index (χ0) is 32.1. The minimum atomic E-state index is -4.10. The van der Waals surface area contributed by atoms with E-state index in [0.717, 1.165) is 31.1 Å². The number of aromatic nitrogens is 2. The van der Waals surface area contributed by atoms with Crippen molar-refractivity contribution >= 4 is 42.8 Å². The minimum Gasteiger partial charge on any atom is -0.388 e. The molecule has 45 heavy (non-hydrogen) atoms. The van der Waals surface area contributed by atoms with Crippen molar-refractivity contribution in [2.75, 3.05) is 38.0 Å². The van der Waals surface area contributed by atoms with E-state index in [0.29, 0.717) is 0 Å². The summed E-state index contributed by atoms with van der Waals surface area (Å²) in [4.78, 5) is 14.1. The molecule has 6 atom stereocenters. The van der Waals surface area contributed by atoms with E-state index in [4.69, 9.17) is 9.47 Å². The summed E-state index contributed by atoms with van der Waals surface area (Å²) in [6.07, 6.45) is -1.98. The molecule has 2 N–H and O–H groups in total. The standard InChI is InChI=1S/C32H40N4O6S3/c1-35(2)31-33-17-23(43-31)19-41-29-25(15-21-11-7-5-8-12-21)45(39,40)26(16-22-13-9-6-10-14-22)30(28(38)27(29)37)42-20-24-18-34-32(44-24)36(3)4/h5-14,17-18,25-30,37-38H,15-16,19-20H2,1-4H3/t25-,26-,27-,28-,29+,30+/m1/s1. The third kappa shape index (κ3) is 7.91. The van der Waals surface area contributed by atoms with E-state index < -0.39 is 44.8 Å². The Balaban J connectivity index is 1.53. The molecule has 5 rings (SSSR count). The molecule has 1 aliphatic rings. The predicted molar refractivity (Wildman–Crippen MR) is 179 cm³/mol. The zero-order valence-electron chi connectivity index (χ0n) is 25.8. The van der Waals surface area contributed by atoms with Crippen LogP contribution in [0.15, 0.2) is 73.1 Å². The molecule has 3 heterocycles. The van der Waals surface area contributed by atoms with Crippen molar-refractivity contribution in [2.45, 2.75) is 61.0 Å². The van der Waals surface area contributed by atoms with Crippen molar-refractivity contribution in [3.05, 3.63) is 93.9 Å². The van der Waals surface area contributed by atoms with Gasteiger partial charge < -0.3 is 29.5 Å². The third-order valence-electron chi connectivity index (χ3n) is 7.84. The number of sulfone groups is 1. The predicted octanol–water partition coefficient (Wildman–Crippen LogP) is 3.58. The molecular formula is C32H40N4O6S3. The van der Waals surface area contributed by atoms with E-state index in [1.165, 1.54) is 22.7 Å².